The standard InChI is InChI=1S/C13H18O4/c1-2-3-4-5-10-8-6-7-9(14)12(15)11(8)13(16)17-10/h5,9,12,14-15H,2-4,6-7H2,1H3/b10-5+/t9-,12+/m1/s1. The molecule has 0 saturated heterocycles. The van der Waals surface area contributed by atoms with E-state index in [1.165, 1.54) is 0 Å². The largest absolute Gasteiger partial charge is 0.423 e. The van der Waals surface area contributed by atoms with E-state index in [4.69, 9.17) is 4.74 Å². The SMILES string of the molecule is CCCC/C=C1/OC(=O)C2=C1CC[C@@H](O)[C@@H]2O. The average Bonchev–Trinajstić information content (AvgIpc) is 2.62. The molecule has 4 heteroatoms. The molecule has 0 amide bonds. The van der Waals surface area contributed by atoms with Crippen molar-refractivity contribution in [3.05, 3.63) is 23.0 Å². The van der Waals surface area contributed by atoms with Gasteiger partial charge in [-0.1, -0.05) is 13.3 Å². The first kappa shape index (κ1) is 12.3. The summed E-state index contributed by atoms with van der Waals surface area (Å²) >= 11 is 0. The van der Waals surface area contributed by atoms with Crippen molar-refractivity contribution in [3.63, 3.8) is 0 Å². The van der Waals surface area contributed by atoms with Gasteiger partial charge in [0.15, 0.2) is 0 Å². The number of aliphatic hydroxyl groups excluding tert-OH is 2. The van der Waals surface area contributed by atoms with Crippen LogP contribution in [-0.4, -0.2) is 28.4 Å². The Morgan fingerprint density at radius 1 is 1.47 bits per heavy atom. The second-order valence-corrected chi connectivity index (χ2v) is 4.54. The highest BCUT2D eigenvalue weighted by Crippen LogP contribution is 2.37. The maximum atomic E-state index is 11.6. The van der Waals surface area contributed by atoms with Gasteiger partial charge in [0.25, 0.3) is 0 Å². The van der Waals surface area contributed by atoms with E-state index < -0.39 is 18.2 Å². The number of hydrogen-bond donors (Lipinski definition) is 2. The van der Waals surface area contributed by atoms with Crippen molar-refractivity contribution in [2.45, 2.75) is 51.2 Å². The highest BCUT2D eigenvalue weighted by Gasteiger charge is 2.40. The first-order chi connectivity index (χ1) is 8.15. The number of rotatable bonds is 3. The van der Waals surface area contributed by atoms with Gasteiger partial charge in [0.05, 0.1) is 11.7 Å². The third kappa shape index (κ3) is 2.28. The predicted octanol–water partition coefficient (Wildman–Crippen LogP) is 1.43. The molecule has 0 aromatic carbocycles. The lowest BCUT2D eigenvalue weighted by atomic mass is 9.87. The molecule has 17 heavy (non-hydrogen) atoms. The molecule has 2 N–H and O–H groups in total. The third-order valence-electron chi connectivity index (χ3n) is 3.28. The van der Waals surface area contributed by atoms with Crippen molar-refractivity contribution in [1.29, 1.82) is 0 Å². The summed E-state index contributed by atoms with van der Waals surface area (Å²) in [5.41, 5.74) is 1.04. The summed E-state index contributed by atoms with van der Waals surface area (Å²) in [6.07, 6.45) is 4.04. The zero-order valence-electron chi connectivity index (χ0n) is 9.98. The molecule has 0 fully saturated rings. The van der Waals surface area contributed by atoms with Crippen LogP contribution >= 0.6 is 0 Å². The fraction of sp³-hybridized carbons (Fsp3) is 0.615. The molecule has 4 nitrogen and oxygen atoms in total. The van der Waals surface area contributed by atoms with E-state index in [0.29, 0.717) is 18.6 Å². The minimum Gasteiger partial charge on any atom is -0.423 e. The van der Waals surface area contributed by atoms with E-state index in [2.05, 4.69) is 6.92 Å². The molecule has 0 aromatic heterocycles. The number of ether oxygens (including phenoxy) is 1. The molecule has 0 aromatic rings. The maximum absolute atomic E-state index is 11.6. The highest BCUT2D eigenvalue weighted by atomic mass is 16.5. The quantitative estimate of drug-likeness (QED) is 0.576. The molecule has 0 bridgehead atoms. The fourth-order valence-electron chi connectivity index (χ4n) is 2.27. The van der Waals surface area contributed by atoms with E-state index in [9.17, 15) is 15.0 Å². The Bertz CT molecular complexity index is 381. The smallest absolute Gasteiger partial charge is 0.342 e. The minimum absolute atomic E-state index is 0.256. The van der Waals surface area contributed by atoms with E-state index in [-0.39, 0.29) is 5.57 Å². The van der Waals surface area contributed by atoms with Gasteiger partial charge < -0.3 is 14.9 Å². The van der Waals surface area contributed by atoms with Gasteiger partial charge in [0, 0.05) is 5.57 Å². The molecule has 1 heterocycles. The van der Waals surface area contributed by atoms with Gasteiger partial charge in [-0.2, -0.15) is 0 Å². The maximum Gasteiger partial charge on any atom is 0.342 e. The van der Waals surface area contributed by atoms with Gasteiger partial charge in [-0.25, -0.2) is 4.79 Å². The summed E-state index contributed by atoms with van der Waals surface area (Å²) in [7, 11) is 0. The summed E-state index contributed by atoms with van der Waals surface area (Å²) in [5, 5.41) is 19.3. The van der Waals surface area contributed by atoms with Crippen LogP contribution in [0.15, 0.2) is 23.0 Å². The van der Waals surface area contributed by atoms with Gasteiger partial charge >= 0.3 is 5.97 Å². The first-order valence-corrected chi connectivity index (χ1v) is 6.17. The van der Waals surface area contributed by atoms with Crippen LogP contribution in [0.2, 0.25) is 0 Å². The lowest BCUT2D eigenvalue weighted by molar-refractivity contribution is -0.135. The molecule has 2 atom stereocenters. The third-order valence-corrected chi connectivity index (χ3v) is 3.28. The van der Waals surface area contributed by atoms with E-state index in [0.717, 1.165) is 24.8 Å². The summed E-state index contributed by atoms with van der Waals surface area (Å²) in [4.78, 5) is 11.6. The van der Waals surface area contributed by atoms with Crippen LogP contribution in [0.3, 0.4) is 0 Å². The van der Waals surface area contributed by atoms with Gasteiger partial charge in [-0.05, 0) is 31.8 Å². The van der Waals surface area contributed by atoms with Crippen molar-refractivity contribution < 1.29 is 19.7 Å². The van der Waals surface area contributed by atoms with Gasteiger partial charge in [-0.3, -0.25) is 0 Å². The Morgan fingerprint density at radius 3 is 2.94 bits per heavy atom. The highest BCUT2D eigenvalue weighted by molar-refractivity contribution is 5.96. The molecule has 1 aliphatic heterocycles. The number of allylic oxidation sites excluding steroid dienone is 2. The second-order valence-electron chi connectivity index (χ2n) is 4.54. The molecule has 0 radical (unpaired) electrons. The molecular weight excluding hydrogens is 220 g/mol. The zero-order valence-corrected chi connectivity index (χ0v) is 9.98. The summed E-state index contributed by atoms with van der Waals surface area (Å²) < 4.78 is 5.15. The number of carbonyl (C=O) groups excluding carboxylic acids is 1. The van der Waals surface area contributed by atoms with E-state index >= 15 is 0 Å². The predicted molar refractivity (Wildman–Crippen MR) is 62.0 cm³/mol. The molecule has 0 saturated carbocycles. The van der Waals surface area contributed by atoms with Crippen LogP contribution in [0.5, 0.6) is 0 Å². The molecular formula is C13H18O4. The number of aliphatic hydroxyl groups is 2. The van der Waals surface area contributed by atoms with Crippen molar-refractivity contribution in [2.75, 3.05) is 0 Å². The molecule has 1 aliphatic carbocycles. The van der Waals surface area contributed by atoms with Crippen LogP contribution in [-0.2, 0) is 9.53 Å². The first-order valence-electron chi connectivity index (χ1n) is 6.17. The Kier molecular flexibility index (Phi) is 3.64. The average molecular weight is 238 g/mol. The normalized spacial score (nSPS) is 30.8. The van der Waals surface area contributed by atoms with Crippen LogP contribution < -0.4 is 0 Å². The minimum atomic E-state index is -1.09. The Balaban J connectivity index is 2.21. The summed E-state index contributed by atoms with van der Waals surface area (Å²) in [5.74, 6) is 0.0819. The van der Waals surface area contributed by atoms with Gasteiger partial charge in [0.2, 0.25) is 0 Å². The van der Waals surface area contributed by atoms with Crippen LogP contribution in [0, 0.1) is 0 Å². The Hall–Kier alpha value is -1.13. The topological polar surface area (TPSA) is 66.8 Å². The van der Waals surface area contributed by atoms with E-state index in [1.807, 2.05) is 6.08 Å². The molecule has 0 unspecified atom stereocenters. The van der Waals surface area contributed by atoms with Crippen molar-refractivity contribution in [1.82, 2.24) is 0 Å². The monoisotopic (exact) mass is 238 g/mol. The number of hydrogen-bond acceptors (Lipinski definition) is 4. The Morgan fingerprint density at radius 2 is 2.24 bits per heavy atom. The lowest BCUT2D eigenvalue weighted by Gasteiger charge is -2.22. The molecule has 0 spiro atoms. The van der Waals surface area contributed by atoms with Crippen molar-refractivity contribution in [2.24, 2.45) is 0 Å². The van der Waals surface area contributed by atoms with Crippen LogP contribution in [0.1, 0.15) is 39.0 Å². The van der Waals surface area contributed by atoms with Gasteiger partial charge in [0.1, 0.15) is 11.9 Å². The summed E-state index contributed by atoms with van der Waals surface area (Å²) in [6.45, 7) is 2.10. The fourth-order valence-corrected chi connectivity index (χ4v) is 2.27. The Labute approximate surface area is 101 Å². The number of esters is 1. The number of carbonyl (C=O) groups is 1. The van der Waals surface area contributed by atoms with Gasteiger partial charge in [-0.15, -0.1) is 0 Å². The number of cyclic esters (lactones) is 1. The zero-order chi connectivity index (χ0) is 12.4. The molecule has 2 aliphatic rings. The van der Waals surface area contributed by atoms with Crippen LogP contribution in [0.4, 0.5) is 0 Å². The number of unbranched alkanes of at least 4 members (excludes halogenated alkanes) is 2. The van der Waals surface area contributed by atoms with Crippen molar-refractivity contribution >= 4 is 5.97 Å². The van der Waals surface area contributed by atoms with E-state index in [1.54, 1.807) is 0 Å². The molecule has 94 valence electrons. The van der Waals surface area contributed by atoms with Crippen LogP contribution in [0.25, 0.3) is 0 Å². The second kappa shape index (κ2) is 5.02. The van der Waals surface area contributed by atoms with Crippen molar-refractivity contribution in [3.8, 4) is 0 Å². The lowest BCUT2D eigenvalue weighted by Crippen LogP contribution is -2.33. The summed E-state index contributed by atoms with van der Waals surface area (Å²) in [6, 6.07) is 0. The molecule has 2 rings (SSSR count).